The topological polar surface area (TPSA) is 70.1 Å². The van der Waals surface area contributed by atoms with E-state index in [-0.39, 0.29) is 5.97 Å². The predicted octanol–water partition coefficient (Wildman–Crippen LogP) is 1.53. The molecule has 0 saturated carbocycles. The van der Waals surface area contributed by atoms with Crippen LogP contribution in [0.15, 0.2) is 30.6 Å². The first kappa shape index (κ1) is 14.3. The number of nitrogens with zero attached hydrogens (tertiary/aromatic N) is 2. The molecule has 0 saturated heterocycles. The number of methoxy groups -OCH3 is 1. The van der Waals surface area contributed by atoms with Gasteiger partial charge in [-0.1, -0.05) is 6.07 Å². The lowest BCUT2D eigenvalue weighted by molar-refractivity contribution is 0.0600. The summed E-state index contributed by atoms with van der Waals surface area (Å²) in [5.74, 6) is -0.314. The van der Waals surface area contributed by atoms with Crippen molar-refractivity contribution in [2.75, 3.05) is 13.7 Å². The van der Waals surface area contributed by atoms with Gasteiger partial charge in [-0.25, -0.2) is 4.79 Å². The molecule has 2 heterocycles. The van der Waals surface area contributed by atoms with Crippen LogP contribution >= 0.6 is 0 Å². The number of carbonyl (C=O) groups excluding carboxylic acids is 1. The van der Waals surface area contributed by atoms with Crippen LogP contribution in [-0.4, -0.2) is 29.2 Å². The highest BCUT2D eigenvalue weighted by atomic mass is 16.5. The van der Waals surface area contributed by atoms with Crippen LogP contribution in [0, 0.1) is 6.92 Å². The Morgan fingerprint density at radius 3 is 2.90 bits per heavy atom. The highest BCUT2D eigenvalue weighted by Gasteiger charge is 2.17. The molecule has 0 aliphatic carbocycles. The van der Waals surface area contributed by atoms with Gasteiger partial charge in [0.1, 0.15) is 0 Å². The van der Waals surface area contributed by atoms with Crippen molar-refractivity contribution in [3.05, 3.63) is 53.1 Å². The minimum Gasteiger partial charge on any atom is -0.465 e. The summed E-state index contributed by atoms with van der Waals surface area (Å²) in [6, 6.07) is 5.78. The van der Waals surface area contributed by atoms with E-state index in [9.17, 15) is 4.79 Å². The van der Waals surface area contributed by atoms with Crippen molar-refractivity contribution < 1.29 is 9.53 Å². The Bertz CT molecular complexity index is 591. The molecule has 0 aromatic carbocycles. The number of nitrogens with two attached hydrogens (primary N) is 1. The fourth-order valence-electron chi connectivity index (χ4n) is 2.28. The minimum absolute atomic E-state index is 0.314. The van der Waals surface area contributed by atoms with Crippen molar-refractivity contribution >= 4 is 5.97 Å². The lowest BCUT2D eigenvalue weighted by atomic mass is 10.2. The molecule has 0 radical (unpaired) electrons. The Kier molecular flexibility index (Phi) is 4.53. The van der Waals surface area contributed by atoms with Crippen LogP contribution in [0.1, 0.15) is 27.3 Å². The summed E-state index contributed by atoms with van der Waals surface area (Å²) in [7, 11) is 1.39. The van der Waals surface area contributed by atoms with E-state index in [1.54, 1.807) is 6.20 Å². The van der Waals surface area contributed by atoms with Crippen LogP contribution < -0.4 is 5.73 Å². The average Bonchev–Trinajstić information content (AvgIpc) is 2.77. The Morgan fingerprint density at radius 1 is 1.50 bits per heavy atom. The third kappa shape index (κ3) is 2.88. The van der Waals surface area contributed by atoms with Crippen LogP contribution in [0.25, 0.3) is 0 Å². The third-order valence-corrected chi connectivity index (χ3v) is 3.32. The fraction of sp³-hybridized carbons (Fsp3) is 0.333. The van der Waals surface area contributed by atoms with Crippen LogP contribution in [-0.2, 0) is 17.7 Å². The second-order valence-electron chi connectivity index (χ2n) is 4.61. The molecule has 0 aliphatic heterocycles. The van der Waals surface area contributed by atoms with E-state index >= 15 is 0 Å². The zero-order valence-corrected chi connectivity index (χ0v) is 11.8. The van der Waals surface area contributed by atoms with Gasteiger partial charge in [-0.05, 0) is 37.6 Å². The number of pyridine rings is 1. The lowest BCUT2D eigenvalue weighted by Gasteiger charge is -2.11. The highest BCUT2D eigenvalue weighted by Crippen LogP contribution is 2.18. The summed E-state index contributed by atoms with van der Waals surface area (Å²) in [4.78, 5) is 15.9. The first-order valence-electron chi connectivity index (χ1n) is 6.53. The molecule has 0 spiro atoms. The van der Waals surface area contributed by atoms with Gasteiger partial charge in [-0.15, -0.1) is 0 Å². The van der Waals surface area contributed by atoms with Gasteiger partial charge in [0.2, 0.25) is 0 Å². The first-order valence-corrected chi connectivity index (χ1v) is 6.53. The van der Waals surface area contributed by atoms with Gasteiger partial charge >= 0.3 is 5.97 Å². The van der Waals surface area contributed by atoms with Crippen LogP contribution in [0.3, 0.4) is 0 Å². The molecular weight excluding hydrogens is 254 g/mol. The molecule has 0 atom stereocenters. The van der Waals surface area contributed by atoms with Gasteiger partial charge in [0.15, 0.2) is 0 Å². The van der Waals surface area contributed by atoms with E-state index in [0.717, 1.165) is 23.4 Å². The second-order valence-corrected chi connectivity index (χ2v) is 4.61. The van der Waals surface area contributed by atoms with E-state index in [4.69, 9.17) is 10.5 Å². The van der Waals surface area contributed by atoms with Crippen molar-refractivity contribution in [3.63, 3.8) is 0 Å². The molecule has 20 heavy (non-hydrogen) atoms. The van der Waals surface area contributed by atoms with Crippen LogP contribution in [0.5, 0.6) is 0 Å². The van der Waals surface area contributed by atoms with Crippen LogP contribution in [0.4, 0.5) is 0 Å². The van der Waals surface area contributed by atoms with E-state index in [0.29, 0.717) is 18.7 Å². The van der Waals surface area contributed by atoms with Crippen molar-refractivity contribution in [1.82, 2.24) is 9.55 Å². The minimum atomic E-state index is -0.314. The number of rotatable bonds is 5. The van der Waals surface area contributed by atoms with Gasteiger partial charge in [-0.3, -0.25) is 4.98 Å². The van der Waals surface area contributed by atoms with Gasteiger partial charge in [0, 0.05) is 30.3 Å². The summed E-state index contributed by atoms with van der Waals surface area (Å²) in [5.41, 5.74) is 9.26. The lowest BCUT2D eigenvalue weighted by Crippen LogP contribution is -2.11. The van der Waals surface area contributed by atoms with Crippen molar-refractivity contribution in [3.8, 4) is 0 Å². The normalized spacial score (nSPS) is 10.6. The number of esters is 1. The summed E-state index contributed by atoms with van der Waals surface area (Å²) >= 11 is 0. The maximum Gasteiger partial charge on any atom is 0.339 e. The van der Waals surface area contributed by atoms with Gasteiger partial charge in [0.25, 0.3) is 0 Å². The van der Waals surface area contributed by atoms with Crippen molar-refractivity contribution in [2.45, 2.75) is 19.9 Å². The highest BCUT2D eigenvalue weighted by molar-refractivity contribution is 5.91. The van der Waals surface area contributed by atoms with E-state index in [2.05, 4.69) is 9.55 Å². The maximum atomic E-state index is 11.8. The molecular formula is C15H19N3O2. The SMILES string of the molecule is COC(=O)c1cc(CCN)n(Cc2cccnc2)c1C. The quantitative estimate of drug-likeness (QED) is 0.839. The average molecular weight is 273 g/mol. The third-order valence-electron chi connectivity index (χ3n) is 3.32. The van der Waals surface area contributed by atoms with E-state index < -0.39 is 0 Å². The Hall–Kier alpha value is -2.14. The molecule has 2 aromatic rings. The zero-order valence-electron chi connectivity index (χ0n) is 11.8. The Morgan fingerprint density at radius 2 is 2.30 bits per heavy atom. The largest absolute Gasteiger partial charge is 0.465 e. The van der Waals surface area contributed by atoms with Gasteiger partial charge in [-0.2, -0.15) is 0 Å². The molecule has 5 heteroatoms. The number of carbonyl (C=O) groups is 1. The standard InChI is InChI=1S/C15H19N3O2/c1-11-14(15(19)20-2)8-13(5-6-16)18(11)10-12-4-3-7-17-9-12/h3-4,7-9H,5-6,10,16H2,1-2H3. The first-order chi connectivity index (χ1) is 9.67. The smallest absolute Gasteiger partial charge is 0.339 e. The molecule has 0 fully saturated rings. The van der Waals surface area contributed by atoms with Crippen molar-refractivity contribution in [2.24, 2.45) is 5.73 Å². The second kappa shape index (κ2) is 6.34. The molecule has 2 N–H and O–H groups in total. The number of hydrogen-bond donors (Lipinski definition) is 1. The summed E-state index contributed by atoms with van der Waals surface area (Å²) in [6.07, 6.45) is 4.29. The number of hydrogen-bond acceptors (Lipinski definition) is 4. The molecule has 2 aromatic heterocycles. The Balaban J connectivity index is 2.39. The zero-order chi connectivity index (χ0) is 14.5. The fourth-order valence-corrected chi connectivity index (χ4v) is 2.28. The van der Waals surface area contributed by atoms with Crippen LogP contribution in [0.2, 0.25) is 0 Å². The molecule has 0 unspecified atom stereocenters. The molecule has 0 aliphatic rings. The maximum absolute atomic E-state index is 11.8. The Labute approximate surface area is 118 Å². The molecule has 0 amide bonds. The molecule has 106 valence electrons. The van der Waals surface area contributed by atoms with Gasteiger partial charge < -0.3 is 15.0 Å². The summed E-state index contributed by atoms with van der Waals surface area (Å²) < 4.78 is 6.91. The number of ether oxygens (including phenoxy) is 1. The summed E-state index contributed by atoms with van der Waals surface area (Å²) in [5, 5.41) is 0. The number of aromatic nitrogens is 2. The molecule has 5 nitrogen and oxygen atoms in total. The van der Waals surface area contributed by atoms with Crippen molar-refractivity contribution in [1.29, 1.82) is 0 Å². The monoisotopic (exact) mass is 273 g/mol. The van der Waals surface area contributed by atoms with Gasteiger partial charge in [0.05, 0.1) is 12.7 Å². The summed E-state index contributed by atoms with van der Waals surface area (Å²) in [6.45, 7) is 3.13. The van der Waals surface area contributed by atoms with E-state index in [1.165, 1.54) is 7.11 Å². The molecule has 2 rings (SSSR count). The predicted molar refractivity (Wildman–Crippen MR) is 76.6 cm³/mol. The molecule has 0 bridgehead atoms. The van der Waals surface area contributed by atoms with E-state index in [1.807, 2.05) is 31.3 Å².